The first-order valence-corrected chi connectivity index (χ1v) is 12.0. The minimum absolute atomic E-state index is 0.160. The number of hydrogen-bond donors (Lipinski definition) is 2. The summed E-state index contributed by atoms with van der Waals surface area (Å²) in [7, 11) is -2.60. The van der Waals surface area contributed by atoms with Crippen molar-refractivity contribution in [3.63, 3.8) is 0 Å². The van der Waals surface area contributed by atoms with E-state index < -0.39 is 21.4 Å². The van der Waals surface area contributed by atoms with Crippen LogP contribution in [0, 0.1) is 12.7 Å². The van der Waals surface area contributed by atoms with Gasteiger partial charge in [0.15, 0.2) is 5.82 Å². The van der Waals surface area contributed by atoms with Gasteiger partial charge in [0.2, 0.25) is 0 Å². The molecule has 2 unspecified atom stereocenters. The quantitative estimate of drug-likeness (QED) is 0.543. The van der Waals surface area contributed by atoms with Crippen molar-refractivity contribution in [2.75, 3.05) is 24.8 Å². The fourth-order valence-corrected chi connectivity index (χ4v) is 3.98. The largest absolute Gasteiger partial charge is 0.486 e. The standard InChI is InChI=1S/C21H24FN5O4S/c1-4-32(3,29)26-21(28)16-10-27-19(13(16)2)20(23-12-24-27)25-17-6-5-14(22)9-18(17)31-15-7-8-30-11-15/h4-6,9-10,12,15H,7-8,11H2,1-3H3,(H,23,24,25)(H,26,28,29). The molecule has 0 saturated carbocycles. The predicted molar refractivity (Wildman–Crippen MR) is 121 cm³/mol. The second-order valence-corrected chi connectivity index (χ2v) is 9.99. The summed E-state index contributed by atoms with van der Waals surface area (Å²) in [5, 5.41) is 8.81. The molecule has 2 aromatic heterocycles. The van der Waals surface area contributed by atoms with Crippen LogP contribution in [0.2, 0.25) is 0 Å². The van der Waals surface area contributed by atoms with Gasteiger partial charge in [-0.05, 0) is 36.9 Å². The van der Waals surface area contributed by atoms with Crippen molar-refractivity contribution in [3.8, 4) is 5.75 Å². The van der Waals surface area contributed by atoms with E-state index in [1.54, 1.807) is 26.1 Å². The average molecular weight is 462 g/mol. The van der Waals surface area contributed by atoms with Crippen LogP contribution in [-0.2, 0) is 14.4 Å². The van der Waals surface area contributed by atoms with E-state index in [-0.39, 0.29) is 6.10 Å². The lowest BCUT2D eigenvalue weighted by atomic mass is 10.2. The minimum atomic E-state index is -2.60. The highest BCUT2D eigenvalue weighted by molar-refractivity contribution is 7.99. The van der Waals surface area contributed by atoms with Crippen LogP contribution >= 0.6 is 0 Å². The number of benzene rings is 1. The maximum Gasteiger partial charge on any atom is 0.264 e. The van der Waals surface area contributed by atoms with E-state index in [1.807, 2.05) is 0 Å². The second-order valence-electron chi connectivity index (χ2n) is 7.51. The molecule has 0 aliphatic carbocycles. The molecule has 1 aliphatic heterocycles. The Morgan fingerprint density at radius 1 is 1.44 bits per heavy atom. The number of aryl methyl sites for hydroxylation is 1. The average Bonchev–Trinajstić information content (AvgIpc) is 3.38. The highest BCUT2D eigenvalue weighted by Crippen LogP contribution is 2.32. The van der Waals surface area contributed by atoms with Gasteiger partial charge in [-0.15, -0.1) is 0 Å². The number of hydrogen-bond acceptors (Lipinski definition) is 7. The Bertz CT molecular complexity index is 1290. The zero-order chi connectivity index (χ0) is 22.9. The molecule has 3 heterocycles. The number of amides is 1. The van der Waals surface area contributed by atoms with Crippen LogP contribution in [0.1, 0.15) is 29.3 Å². The van der Waals surface area contributed by atoms with Crippen LogP contribution < -0.4 is 14.8 Å². The van der Waals surface area contributed by atoms with Crippen LogP contribution in [0.15, 0.2) is 30.7 Å². The molecule has 0 bridgehead atoms. The Morgan fingerprint density at radius 3 is 2.97 bits per heavy atom. The van der Waals surface area contributed by atoms with Gasteiger partial charge in [-0.25, -0.2) is 18.1 Å². The van der Waals surface area contributed by atoms with Gasteiger partial charge in [-0.1, -0.05) is 0 Å². The van der Waals surface area contributed by atoms with E-state index in [9.17, 15) is 13.4 Å². The Labute approximate surface area is 185 Å². The van der Waals surface area contributed by atoms with Crippen molar-refractivity contribution in [1.82, 2.24) is 19.3 Å². The molecule has 1 aromatic carbocycles. The Hall–Kier alpha value is -3.18. The van der Waals surface area contributed by atoms with E-state index >= 15 is 0 Å². The number of halogens is 1. The lowest BCUT2D eigenvalue weighted by molar-refractivity contribution is 0.0982. The molecule has 2 atom stereocenters. The van der Waals surface area contributed by atoms with Gasteiger partial charge in [0.25, 0.3) is 5.91 Å². The highest BCUT2D eigenvalue weighted by atomic mass is 32.2. The summed E-state index contributed by atoms with van der Waals surface area (Å²) in [5.74, 6) is -0.152. The predicted octanol–water partition coefficient (Wildman–Crippen LogP) is 2.47. The van der Waals surface area contributed by atoms with Crippen molar-refractivity contribution in [3.05, 3.63) is 47.7 Å². The van der Waals surface area contributed by atoms with E-state index in [0.717, 1.165) is 6.42 Å². The van der Waals surface area contributed by atoms with Crippen LogP contribution in [0.3, 0.4) is 0 Å². The summed E-state index contributed by atoms with van der Waals surface area (Å²) in [5.41, 5.74) is 2.00. The van der Waals surface area contributed by atoms with Crippen LogP contribution in [-0.4, -0.2) is 55.7 Å². The number of aromatic nitrogens is 3. The number of rotatable bonds is 6. The van der Waals surface area contributed by atoms with Gasteiger partial charge in [0.1, 0.15) is 29.5 Å². The third-order valence-electron chi connectivity index (χ3n) is 5.19. The molecule has 3 aromatic rings. The van der Waals surface area contributed by atoms with Gasteiger partial charge < -0.3 is 14.8 Å². The third-order valence-corrected chi connectivity index (χ3v) is 6.69. The molecule has 1 fully saturated rings. The summed E-state index contributed by atoms with van der Waals surface area (Å²) in [6, 6.07) is 4.19. The van der Waals surface area contributed by atoms with Gasteiger partial charge >= 0.3 is 0 Å². The van der Waals surface area contributed by atoms with Crippen molar-refractivity contribution in [2.24, 2.45) is 0 Å². The number of carbonyl (C=O) groups is 1. The lowest BCUT2D eigenvalue weighted by Crippen LogP contribution is -2.30. The number of fused-ring (bicyclic) bond motifs is 1. The van der Waals surface area contributed by atoms with Gasteiger partial charge in [0, 0.05) is 34.6 Å². The molecule has 11 heteroatoms. The van der Waals surface area contributed by atoms with Gasteiger partial charge in [-0.2, -0.15) is 5.10 Å². The van der Waals surface area contributed by atoms with Crippen LogP contribution in [0.25, 0.3) is 5.52 Å². The fraction of sp³-hybridized carbons (Fsp3) is 0.333. The molecular weight excluding hydrogens is 437 g/mol. The Balaban J connectivity index is 1.70. The fourth-order valence-electron chi connectivity index (χ4n) is 3.39. The summed E-state index contributed by atoms with van der Waals surface area (Å²) >= 11 is 0. The summed E-state index contributed by atoms with van der Waals surface area (Å²) in [6.45, 7) is 4.42. The normalized spacial score (nSPS) is 17.7. The Kier molecular flexibility index (Phi) is 6.02. The maximum atomic E-state index is 13.9. The molecule has 1 aliphatic rings. The summed E-state index contributed by atoms with van der Waals surface area (Å²) in [6.07, 6.45) is 4.91. The number of nitrogens with zero attached hydrogens (tertiary/aromatic N) is 3. The minimum Gasteiger partial charge on any atom is -0.486 e. The molecule has 170 valence electrons. The van der Waals surface area contributed by atoms with Gasteiger partial charge in [-0.3, -0.25) is 9.52 Å². The van der Waals surface area contributed by atoms with Crippen LogP contribution in [0.5, 0.6) is 5.75 Å². The number of anilines is 2. The molecule has 4 rings (SSSR count). The molecule has 32 heavy (non-hydrogen) atoms. The van der Waals surface area contributed by atoms with E-state index in [4.69, 9.17) is 9.47 Å². The topological polar surface area (TPSA) is 107 Å². The second kappa shape index (κ2) is 8.75. The first kappa shape index (κ1) is 22.0. The number of ether oxygens (including phenoxy) is 2. The molecule has 2 N–H and O–H groups in total. The number of nitrogens with one attached hydrogen (secondary N) is 2. The SMILES string of the molecule is CC=S(C)(=O)NC(=O)c1cn2ncnc(Nc3ccc(F)cc3OC3CCOC3)c2c1C. The van der Waals surface area contributed by atoms with Crippen molar-refractivity contribution in [2.45, 2.75) is 26.4 Å². The molecule has 9 nitrogen and oxygen atoms in total. The smallest absolute Gasteiger partial charge is 0.264 e. The zero-order valence-electron chi connectivity index (χ0n) is 17.9. The monoisotopic (exact) mass is 461 g/mol. The van der Waals surface area contributed by atoms with Crippen LogP contribution in [0.4, 0.5) is 15.9 Å². The molecule has 1 saturated heterocycles. The van der Waals surface area contributed by atoms with E-state index in [2.05, 4.69) is 20.1 Å². The molecule has 0 spiro atoms. The Morgan fingerprint density at radius 2 is 2.25 bits per heavy atom. The first-order chi connectivity index (χ1) is 15.3. The molecular formula is C21H24FN5O4S. The molecule has 1 amide bonds. The maximum absolute atomic E-state index is 13.9. The highest BCUT2D eigenvalue weighted by Gasteiger charge is 2.22. The third kappa shape index (κ3) is 4.53. The molecule has 0 radical (unpaired) electrons. The zero-order valence-corrected chi connectivity index (χ0v) is 18.7. The van der Waals surface area contributed by atoms with Crippen molar-refractivity contribution in [1.29, 1.82) is 0 Å². The van der Waals surface area contributed by atoms with Gasteiger partial charge in [0.05, 0.1) is 24.5 Å². The first-order valence-electron chi connectivity index (χ1n) is 10.0. The van der Waals surface area contributed by atoms with E-state index in [0.29, 0.717) is 47.1 Å². The summed E-state index contributed by atoms with van der Waals surface area (Å²) in [4.78, 5) is 17.0. The van der Waals surface area contributed by atoms with Crippen molar-refractivity contribution >= 4 is 38.0 Å². The van der Waals surface area contributed by atoms with E-state index in [1.165, 1.54) is 34.6 Å². The van der Waals surface area contributed by atoms with Crippen molar-refractivity contribution < 1.29 is 22.9 Å². The number of carbonyl (C=O) groups excluding carboxylic acids is 1. The lowest BCUT2D eigenvalue weighted by Gasteiger charge is -2.17. The summed E-state index contributed by atoms with van der Waals surface area (Å²) < 4.78 is 41.5.